The van der Waals surface area contributed by atoms with Gasteiger partial charge in [0.25, 0.3) is 0 Å². The molecule has 0 bridgehead atoms. The van der Waals surface area contributed by atoms with E-state index in [1.165, 1.54) is 11.1 Å². The van der Waals surface area contributed by atoms with Crippen LogP contribution in [0.5, 0.6) is 5.75 Å². The largest absolute Gasteiger partial charge is 0.477 e. The summed E-state index contributed by atoms with van der Waals surface area (Å²) in [6.07, 6.45) is 0. The Kier molecular flexibility index (Phi) is 4.25. The summed E-state index contributed by atoms with van der Waals surface area (Å²) in [7, 11) is 0.494. The Hall–Kier alpha value is -0.550. The molecule has 1 atom stereocenters. The molecule has 0 spiro atoms. The van der Waals surface area contributed by atoms with Crippen LogP contribution in [0.4, 0.5) is 0 Å². The fourth-order valence-electron chi connectivity index (χ4n) is 1.78. The molecule has 17 heavy (non-hydrogen) atoms. The molecule has 0 aliphatic heterocycles. The van der Waals surface area contributed by atoms with Gasteiger partial charge in [0.2, 0.25) is 0 Å². The van der Waals surface area contributed by atoms with Gasteiger partial charge in [-0.05, 0) is 29.1 Å². The molecule has 0 saturated carbocycles. The average Bonchev–Trinajstić information content (AvgIpc) is 2.15. The summed E-state index contributed by atoms with van der Waals surface area (Å²) in [6, 6.07) is 6.61. The van der Waals surface area contributed by atoms with Gasteiger partial charge in [-0.2, -0.15) is 0 Å². The summed E-state index contributed by atoms with van der Waals surface area (Å²) < 4.78 is 5.76. The van der Waals surface area contributed by atoms with Crippen LogP contribution < -0.4 is 4.52 Å². The van der Waals surface area contributed by atoms with E-state index in [1.54, 1.807) is 0 Å². The van der Waals surface area contributed by atoms with Gasteiger partial charge in [-0.1, -0.05) is 53.7 Å². The molecule has 0 amide bonds. The van der Waals surface area contributed by atoms with Crippen molar-refractivity contribution in [3.8, 4) is 5.75 Å². The normalized spacial score (nSPS) is 13.4. The first kappa shape index (κ1) is 14.5. The molecule has 0 fully saturated rings. The van der Waals surface area contributed by atoms with Crippen molar-refractivity contribution >= 4 is 8.81 Å². The quantitative estimate of drug-likeness (QED) is 0.681. The molecule has 0 saturated heterocycles. The number of benzene rings is 1. The Morgan fingerprint density at radius 2 is 1.53 bits per heavy atom. The lowest BCUT2D eigenvalue weighted by molar-refractivity contribution is 0.533. The first-order valence-corrected chi connectivity index (χ1v) is 7.55. The van der Waals surface area contributed by atoms with Crippen LogP contribution in [0.1, 0.15) is 52.7 Å². The summed E-state index contributed by atoms with van der Waals surface area (Å²) in [4.78, 5) is 0. The lowest BCUT2D eigenvalue weighted by Gasteiger charge is -2.27. The zero-order chi connectivity index (χ0) is 13.3. The van der Waals surface area contributed by atoms with E-state index < -0.39 is 0 Å². The molecule has 0 aliphatic carbocycles. The van der Waals surface area contributed by atoms with Crippen LogP contribution in [0.25, 0.3) is 0 Å². The third kappa shape index (κ3) is 3.71. The Morgan fingerprint density at radius 1 is 0.941 bits per heavy atom. The van der Waals surface area contributed by atoms with E-state index in [1.807, 2.05) is 0 Å². The second kappa shape index (κ2) is 4.98. The topological polar surface area (TPSA) is 9.23 Å². The molecule has 0 heterocycles. The minimum absolute atomic E-state index is 0.121. The van der Waals surface area contributed by atoms with E-state index in [2.05, 4.69) is 66.4 Å². The third-order valence-corrected chi connectivity index (χ3v) is 3.29. The smallest absolute Gasteiger partial charge is 0.126 e. The fourth-order valence-corrected chi connectivity index (χ4v) is 2.18. The van der Waals surface area contributed by atoms with Crippen molar-refractivity contribution < 1.29 is 4.52 Å². The molecule has 1 unspecified atom stereocenters. The zero-order valence-corrected chi connectivity index (χ0v) is 13.1. The van der Waals surface area contributed by atoms with Gasteiger partial charge in [-0.15, -0.1) is 0 Å². The zero-order valence-electron chi connectivity index (χ0n) is 12.1. The van der Waals surface area contributed by atoms with Gasteiger partial charge < -0.3 is 4.52 Å². The molecule has 0 aliphatic rings. The summed E-state index contributed by atoms with van der Waals surface area (Å²) in [5.74, 6) is 1.03. The SMILES string of the molecule is CPOc1ccc(C(C)(C)C)cc1C(C)(C)C. The predicted molar refractivity (Wildman–Crippen MR) is 78.7 cm³/mol. The molecule has 0 radical (unpaired) electrons. The van der Waals surface area contributed by atoms with Crippen molar-refractivity contribution in [2.45, 2.75) is 52.4 Å². The summed E-state index contributed by atoms with van der Waals surface area (Å²) in [5, 5.41) is 0. The number of rotatable bonds is 2. The first-order valence-electron chi connectivity index (χ1n) is 6.15. The molecule has 96 valence electrons. The third-order valence-electron chi connectivity index (χ3n) is 2.87. The molecule has 2 heteroatoms. The number of hydrogen-bond acceptors (Lipinski definition) is 1. The van der Waals surface area contributed by atoms with Crippen molar-refractivity contribution in [2.24, 2.45) is 0 Å². The van der Waals surface area contributed by atoms with Gasteiger partial charge in [-0.3, -0.25) is 0 Å². The van der Waals surface area contributed by atoms with Crippen molar-refractivity contribution in [2.75, 3.05) is 6.66 Å². The Balaban J connectivity index is 3.30. The molecule has 1 aromatic rings. The maximum Gasteiger partial charge on any atom is 0.126 e. The van der Waals surface area contributed by atoms with Gasteiger partial charge >= 0.3 is 0 Å². The van der Waals surface area contributed by atoms with Crippen LogP contribution in [-0.4, -0.2) is 6.66 Å². The lowest BCUT2D eigenvalue weighted by atomic mass is 9.80. The van der Waals surface area contributed by atoms with Gasteiger partial charge in [0.15, 0.2) is 0 Å². The lowest BCUT2D eigenvalue weighted by Crippen LogP contribution is -2.16. The maximum atomic E-state index is 5.76. The molecule has 1 nitrogen and oxygen atoms in total. The van der Waals surface area contributed by atoms with Crippen LogP contribution in [0, 0.1) is 0 Å². The van der Waals surface area contributed by atoms with E-state index in [0.717, 1.165) is 5.75 Å². The van der Waals surface area contributed by atoms with Crippen LogP contribution in [0.3, 0.4) is 0 Å². The van der Waals surface area contributed by atoms with Crippen LogP contribution >= 0.6 is 8.81 Å². The van der Waals surface area contributed by atoms with Crippen molar-refractivity contribution in [3.05, 3.63) is 29.3 Å². The minimum atomic E-state index is 0.121. The van der Waals surface area contributed by atoms with Crippen molar-refractivity contribution in [1.82, 2.24) is 0 Å². The first-order chi connectivity index (χ1) is 7.66. The second-order valence-corrected chi connectivity index (χ2v) is 7.13. The van der Waals surface area contributed by atoms with E-state index >= 15 is 0 Å². The monoisotopic (exact) mass is 252 g/mol. The Bertz CT molecular complexity index is 383. The summed E-state index contributed by atoms with van der Waals surface area (Å²) in [5.41, 5.74) is 2.98. The van der Waals surface area contributed by atoms with E-state index in [-0.39, 0.29) is 10.8 Å². The number of hydrogen-bond donors (Lipinski definition) is 0. The molecule has 0 aromatic heterocycles. The molecule has 1 rings (SSSR count). The van der Waals surface area contributed by atoms with Gasteiger partial charge in [0.05, 0.1) is 8.81 Å². The highest BCUT2D eigenvalue weighted by molar-refractivity contribution is 7.31. The second-order valence-electron chi connectivity index (χ2n) is 6.52. The van der Waals surface area contributed by atoms with Crippen molar-refractivity contribution in [3.63, 3.8) is 0 Å². The van der Waals surface area contributed by atoms with E-state index in [9.17, 15) is 0 Å². The predicted octanol–water partition coefficient (Wildman–Crippen LogP) is 4.88. The highest BCUT2D eigenvalue weighted by Crippen LogP contribution is 2.37. The van der Waals surface area contributed by atoms with Gasteiger partial charge in [-0.25, -0.2) is 0 Å². The Morgan fingerprint density at radius 3 is 1.94 bits per heavy atom. The highest BCUT2D eigenvalue weighted by Gasteiger charge is 2.22. The Labute approximate surface area is 108 Å². The molecular weight excluding hydrogens is 227 g/mol. The average molecular weight is 252 g/mol. The van der Waals surface area contributed by atoms with Gasteiger partial charge in [0, 0.05) is 5.56 Å². The van der Waals surface area contributed by atoms with Crippen LogP contribution in [-0.2, 0) is 10.8 Å². The molecule has 1 aromatic carbocycles. The molecule has 0 N–H and O–H groups in total. The standard InChI is InChI=1S/C15H25OP/c1-14(2,3)11-8-9-13(16-17-7)12(10-11)15(4,5)6/h8-10,17H,1-7H3. The molecular formula is C15H25OP. The van der Waals surface area contributed by atoms with Crippen LogP contribution in [0.15, 0.2) is 18.2 Å². The highest BCUT2D eigenvalue weighted by atomic mass is 31.1. The minimum Gasteiger partial charge on any atom is -0.477 e. The fraction of sp³-hybridized carbons (Fsp3) is 0.600. The van der Waals surface area contributed by atoms with Gasteiger partial charge in [0.1, 0.15) is 5.75 Å². The summed E-state index contributed by atoms with van der Waals surface area (Å²) >= 11 is 0. The summed E-state index contributed by atoms with van der Waals surface area (Å²) in [6.45, 7) is 15.5. The van der Waals surface area contributed by atoms with Crippen LogP contribution in [0.2, 0.25) is 0 Å². The van der Waals surface area contributed by atoms with E-state index in [4.69, 9.17) is 4.52 Å². The maximum absolute atomic E-state index is 5.76. The van der Waals surface area contributed by atoms with E-state index in [0.29, 0.717) is 8.81 Å². The van der Waals surface area contributed by atoms with Crippen molar-refractivity contribution in [1.29, 1.82) is 0 Å².